The number of allylic oxidation sites excluding steroid dienone is 1. The highest BCUT2D eigenvalue weighted by Gasteiger charge is 2.30. The number of nitrogens with zero attached hydrogens (tertiary/aromatic N) is 1. The molecule has 2 aromatic rings. The number of benzene rings is 2. The van der Waals surface area contributed by atoms with Gasteiger partial charge in [0.15, 0.2) is 11.5 Å². The second kappa shape index (κ2) is 13.9. The first-order valence-corrected chi connectivity index (χ1v) is 14.1. The van der Waals surface area contributed by atoms with Crippen LogP contribution in [-0.4, -0.2) is 57.4 Å². The maximum Gasteiger partial charge on any atom is 0.227 e. The lowest BCUT2D eigenvalue weighted by atomic mass is 9.98. The molecule has 0 spiro atoms. The number of aliphatic hydroxyl groups excluding tert-OH is 2. The minimum atomic E-state index is -0.900. The van der Waals surface area contributed by atoms with Gasteiger partial charge in [-0.05, 0) is 54.0 Å². The van der Waals surface area contributed by atoms with Gasteiger partial charge in [-0.3, -0.25) is 14.7 Å². The van der Waals surface area contributed by atoms with E-state index < -0.39 is 18.4 Å². The topological polar surface area (TPSA) is 176 Å². The number of aliphatic hydroxyl groups is 2. The van der Waals surface area contributed by atoms with Crippen LogP contribution in [0.15, 0.2) is 64.9 Å². The van der Waals surface area contributed by atoms with Crippen LogP contribution in [0.5, 0.6) is 17.2 Å². The number of hydrogen-bond acceptors (Lipinski definition) is 9. The van der Waals surface area contributed by atoms with Crippen molar-refractivity contribution in [2.24, 2.45) is 16.5 Å². The number of phenolic OH excluding ortho intramolecular Hbond substituents is 2. The number of phenols is 2. The average Bonchev–Trinajstić information content (AvgIpc) is 3.49. The number of carbonyl (C=O) groups excluding carboxylic acids is 1. The third kappa shape index (κ3) is 8.25. The summed E-state index contributed by atoms with van der Waals surface area (Å²) in [4.78, 5) is 18.0. The zero-order valence-electron chi connectivity index (χ0n) is 23.4. The summed E-state index contributed by atoms with van der Waals surface area (Å²) in [6.07, 6.45) is 4.43. The summed E-state index contributed by atoms with van der Waals surface area (Å²) in [5, 5.41) is 40.6. The van der Waals surface area contributed by atoms with Crippen LogP contribution in [0.25, 0.3) is 0 Å². The highest BCUT2D eigenvalue weighted by atomic mass is 16.5. The van der Waals surface area contributed by atoms with Crippen molar-refractivity contribution in [3.63, 3.8) is 0 Å². The molecule has 9 N–H and O–H groups in total. The largest absolute Gasteiger partial charge is 0.508 e. The van der Waals surface area contributed by atoms with Crippen molar-refractivity contribution in [2.75, 3.05) is 13.3 Å². The summed E-state index contributed by atoms with van der Waals surface area (Å²) in [5.41, 5.74) is 17.2. The molecule has 3 atom stereocenters. The van der Waals surface area contributed by atoms with Crippen molar-refractivity contribution >= 4 is 11.5 Å². The number of rotatable bonds is 15. The SMILES string of the molecule is CCCC(O)CC(O)CC(=O)CCc1cc(OC[NH+]2C=C3C(Cc4cccc(C(N)N)c4)=CN=C3C2)c(O)cc1O. The van der Waals surface area contributed by atoms with E-state index in [2.05, 4.69) is 11.2 Å². The summed E-state index contributed by atoms with van der Waals surface area (Å²) in [7, 11) is 0. The first-order chi connectivity index (χ1) is 19.6. The molecule has 0 aliphatic carbocycles. The predicted octanol–water partition coefficient (Wildman–Crippen LogP) is 1.52. The first kappa shape index (κ1) is 30.4. The molecule has 0 radical (unpaired) electrons. The fourth-order valence-corrected chi connectivity index (χ4v) is 5.20. The van der Waals surface area contributed by atoms with Gasteiger partial charge in [-0.2, -0.15) is 0 Å². The zero-order chi connectivity index (χ0) is 29.5. The maximum atomic E-state index is 12.4. The van der Waals surface area contributed by atoms with Crippen LogP contribution in [0, 0.1) is 0 Å². The van der Waals surface area contributed by atoms with Crippen molar-refractivity contribution in [2.45, 2.75) is 70.2 Å². The number of hydrogen-bond donors (Lipinski definition) is 7. The molecule has 10 heteroatoms. The van der Waals surface area contributed by atoms with Crippen LogP contribution in [0.3, 0.4) is 0 Å². The van der Waals surface area contributed by atoms with Crippen molar-refractivity contribution in [1.82, 2.24) is 0 Å². The third-order valence-electron chi connectivity index (χ3n) is 7.38. The van der Waals surface area contributed by atoms with Gasteiger partial charge in [-0.15, -0.1) is 0 Å². The van der Waals surface area contributed by atoms with E-state index in [0.29, 0.717) is 24.9 Å². The third-order valence-corrected chi connectivity index (χ3v) is 7.38. The number of Topliss-reactive ketones (excluding diaryl/α,β-unsaturated/α-hetero) is 1. The Balaban J connectivity index is 1.31. The molecule has 3 unspecified atom stereocenters. The minimum Gasteiger partial charge on any atom is -0.508 e. The van der Waals surface area contributed by atoms with E-state index in [9.17, 15) is 25.2 Å². The molecular weight excluding hydrogens is 524 g/mol. The number of aryl methyl sites for hydroxylation is 1. The van der Waals surface area contributed by atoms with Gasteiger partial charge in [0, 0.05) is 25.1 Å². The second-order valence-corrected chi connectivity index (χ2v) is 10.9. The van der Waals surface area contributed by atoms with Gasteiger partial charge in [-0.25, -0.2) is 0 Å². The quantitative estimate of drug-likeness (QED) is 0.159. The summed E-state index contributed by atoms with van der Waals surface area (Å²) in [5.74, 6) is -0.280. The Hall–Kier alpha value is -3.54. The molecule has 2 aromatic carbocycles. The van der Waals surface area contributed by atoms with Gasteiger partial charge >= 0.3 is 0 Å². The zero-order valence-corrected chi connectivity index (χ0v) is 23.4. The molecule has 0 bridgehead atoms. The molecule has 0 saturated heterocycles. The molecule has 2 aliphatic rings. The Kier molecular flexibility index (Phi) is 10.3. The summed E-state index contributed by atoms with van der Waals surface area (Å²) >= 11 is 0. The van der Waals surface area contributed by atoms with E-state index in [4.69, 9.17) is 16.2 Å². The summed E-state index contributed by atoms with van der Waals surface area (Å²) in [6, 6.07) is 10.6. The van der Waals surface area contributed by atoms with Crippen LogP contribution in [0.2, 0.25) is 0 Å². The van der Waals surface area contributed by atoms with Crippen LogP contribution in [0.4, 0.5) is 0 Å². The Bertz CT molecular complexity index is 1340. The molecule has 41 heavy (non-hydrogen) atoms. The molecule has 0 saturated carbocycles. The second-order valence-electron chi connectivity index (χ2n) is 10.9. The highest BCUT2D eigenvalue weighted by molar-refractivity contribution is 6.08. The maximum absolute atomic E-state index is 12.4. The van der Waals surface area contributed by atoms with Crippen LogP contribution < -0.4 is 21.1 Å². The van der Waals surface area contributed by atoms with Gasteiger partial charge in [0.25, 0.3) is 0 Å². The van der Waals surface area contributed by atoms with E-state index >= 15 is 0 Å². The Morgan fingerprint density at radius 3 is 2.68 bits per heavy atom. The Morgan fingerprint density at radius 2 is 1.93 bits per heavy atom. The predicted molar refractivity (Wildman–Crippen MR) is 155 cm³/mol. The van der Waals surface area contributed by atoms with Crippen molar-refractivity contribution < 1.29 is 34.9 Å². The van der Waals surface area contributed by atoms with Gasteiger partial charge in [-0.1, -0.05) is 37.6 Å². The fraction of sp³-hybridized carbons (Fsp3) is 0.419. The smallest absolute Gasteiger partial charge is 0.227 e. The van der Waals surface area contributed by atoms with E-state index in [0.717, 1.165) is 39.3 Å². The molecule has 0 amide bonds. The van der Waals surface area contributed by atoms with Gasteiger partial charge in [0.1, 0.15) is 30.0 Å². The van der Waals surface area contributed by atoms with E-state index in [1.54, 1.807) is 6.07 Å². The molecule has 2 heterocycles. The summed E-state index contributed by atoms with van der Waals surface area (Å²) in [6.45, 7) is 2.82. The number of aromatic hydroxyl groups is 2. The van der Waals surface area contributed by atoms with Gasteiger partial charge in [0.2, 0.25) is 6.73 Å². The number of nitrogens with two attached hydrogens (primary N) is 2. The lowest BCUT2D eigenvalue weighted by Crippen LogP contribution is -3.07. The first-order valence-electron chi connectivity index (χ1n) is 14.1. The lowest BCUT2D eigenvalue weighted by Gasteiger charge is -2.15. The standard InChI is InChI=1S/C31H40N4O6/c1-2-4-23(36)12-25(38)13-24(37)8-7-20-11-30(29(40)14-28(20)39)41-18-35-16-26-22(15-34-27(26)17-35)10-19-5-3-6-21(9-19)31(32)33/h3,5-6,9,11,14-16,23,25,31,36,38-40H,2,4,7-8,10,12-13,17-18,32-33H2,1H3/p+1. The number of carbonyl (C=O) groups is 1. The van der Waals surface area contributed by atoms with Crippen LogP contribution in [-0.2, 0) is 17.6 Å². The molecule has 2 aliphatic heterocycles. The number of ketones is 1. The molecular formula is C31H41N4O6+. The molecule has 220 valence electrons. The number of nitrogens with one attached hydrogen (secondary N) is 1. The van der Waals surface area contributed by atoms with Crippen molar-refractivity contribution in [1.29, 1.82) is 0 Å². The van der Waals surface area contributed by atoms with Gasteiger partial charge < -0.3 is 36.6 Å². The van der Waals surface area contributed by atoms with E-state index in [1.807, 2.05) is 37.4 Å². The number of quaternary nitrogens is 1. The van der Waals surface area contributed by atoms with Crippen molar-refractivity contribution in [3.8, 4) is 17.2 Å². The average molecular weight is 566 g/mol. The molecule has 0 fully saturated rings. The normalized spacial score (nSPS) is 17.6. The van der Waals surface area contributed by atoms with Crippen LogP contribution in [0.1, 0.15) is 61.9 Å². The minimum absolute atomic E-state index is 0.0533. The Morgan fingerprint density at radius 1 is 1.12 bits per heavy atom. The highest BCUT2D eigenvalue weighted by Crippen LogP contribution is 2.34. The van der Waals surface area contributed by atoms with Crippen molar-refractivity contribution in [3.05, 3.63) is 76.6 Å². The van der Waals surface area contributed by atoms with E-state index in [-0.39, 0.29) is 55.4 Å². The monoisotopic (exact) mass is 565 g/mol. The number of ether oxygens (including phenoxy) is 1. The molecule has 10 nitrogen and oxygen atoms in total. The van der Waals surface area contributed by atoms with Gasteiger partial charge in [0.05, 0.1) is 23.9 Å². The Labute approximate surface area is 240 Å². The van der Waals surface area contributed by atoms with E-state index in [1.165, 1.54) is 6.07 Å². The molecule has 0 aromatic heterocycles. The molecule has 4 rings (SSSR count). The summed E-state index contributed by atoms with van der Waals surface area (Å²) < 4.78 is 5.92. The lowest BCUT2D eigenvalue weighted by molar-refractivity contribution is -0.851. The fourth-order valence-electron chi connectivity index (χ4n) is 5.20. The van der Waals surface area contributed by atoms with Crippen LogP contribution >= 0.6 is 0 Å². The number of fused-ring (bicyclic) bond motifs is 1. The number of aliphatic imine (C=N–C) groups is 1.